The molecule has 0 saturated carbocycles. The summed E-state index contributed by atoms with van der Waals surface area (Å²) in [6.07, 6.45) is -4.86. The zero-order chi connectivity index (χ0) is 25.7. The summed E-state index contributed by atoms with van der Waals surface area (Å²) in [5.74, 6) is -2.29. The van der Waals surface area contributed by atoms with Gasteiger partial charge in [-0.15, -0.1) is 10.2 Å². The summed E-state index contributed by atoms with van der Waals surface area (Å²) in [7, 11) is 1.31. The predicted molar refractivity (Wildman–Crippen MR) is 116 cm³/mol. The minimum absolute atomic E-state index is 0.0924. The third kappa shape index (κ3) is 3.96. The van der Waals surface area contributed by atoms with Gasteiger partial charge in [-0.05, 0) is 18.2 Å². The Bertz CT molecular complexity index is 1470. The number of rotatable bonds is 4. The summed E-state index contributed by atoms with van der Waals surface area (Å²) in [5, 5.41) is 51.6. The lowest BCUT2D eigenvalue weighted by atomic mass is 9.98. The van der Waals surface area contributed by atoms with E-state index < -0.39 is 39.4 Å². The van der Waals surface area contributed by atoms with Gasteiger partial charge in [0.15, 0.2) is 23.1 Å². The van der Waals surface area contributed by atoms with Crippen molar-refractivity contribution in [2.75, 3.05) is 0 Å². The van der Waals surface area contributed by atoms with Crippen LogP contribution in [0.5, 0.6) is 11.5 Å². The molecule has 0 radical (unpaired) electrons. The molecule has 35 heavy (non-hydrogen) atoms. The summed E-state index contributed by atoms with van der Waals surface area (Å²) in [5.41, 5.74) is -2.89. The van der Waals surface area contributed by atoms with Crippen molar-refractivity contribution in [2.24, 2.45) is 7.05 Å². The first kappa shape index (κ1) is 23.5. The number of nitrogens with zero attached hydrogens (tertiary/aromatic N) is 5. The van der Waals surface area contributed by atoms with Crippen LogP contribution in [0.25, 0.3) is 34.0 Å². The monoisotopic (exact) mass is 487 g/mol. The fraction of sp³-hybridized carbons (Fsp3) is 0.136. The summed E-state index contributed by atoms with van der Waals surface area (Å²) in [6, 6.07) is 10.3. The van der Waals surface area contributed by atoms with E-state index in [1.54, 1.807) is 18.2 Å². The van der Waals surface area contributed by atoms with Crippen LogP contribution in [0.4, 0.5) is 18.9 Å². The summed E-state index contributed by atoms with van der Waals surface area (Å²) < 4.78 is 43.9. The van der Waals surface area contributed by atoms with E-state index in [0.29, 0.717) is 10.8 Å². The van der Waals surface area contributed by atoms with Crippen LogP contribution in [0.2, 0.25) is 0 Å². The molecule has 2 N–H and O–H groups in total. The minimum atomic E-state index is -4.86. The van der Waals surface area contributed by atoms with Crippen molar-refractivity contribution in [1.29, 1.82) is 0 Å². The number of halogens is 3. The molecular weight excluding hydrogens is 471 g/mol. The fourth-order valence-corrected chi connectivity index (χ4v) is 3.72. The Kier molecular flexibility index (Phi) is 5.55. The summed E-state index contributed by atoms with van der Waals surface area (Å²) in [6.45, 7) is 1.25. The molecule has 4 aromatic rings. The van der Waals surface area contributed by atoms with E-state index >= 15 is 0 Å². The third-order valence-corrected chi connectivity index (χ3v) is 5.36. The number of pyridine rings is 1. The predicted octanol–water partition coefficient (Wildman–Crippen LogP) is 4.10. The highest BCUT2D eigenvalue weighted by Crippen LogP contribution is 2.43. The van der Waals surface area contributed by atoms with Gasteiger partial charge in [0.2, 0.25) is 11.4 Å². The summed E-state index contributed by atoms with van der Waals surface area (Å²) in [4.78, 5) is 10.3. The van der Waals surface area contributed by atoms with Crippen LogP contribution in [0, 0.1) is 22.2 Å². The zero-order valence-corrected chi connectivity index (χ0v) is 18.1. The Morgan fingerprint density at radius 1 is 1.03 bits per heavy atom. The second-order valence-corrected chi connectivity index (χ2v) is 7.61. The highest BCUT2D eigenvalue weighted by Gasteiger charge is 2.40. The molecular formula is C22H16F3N5O5. The largest absolute Gasteiger partial charge is 0.618 e. The molecule has 0 amide bonds. The molecule has 2 heterocycles. The van der Waals surface area contributed by atoms with Gasteiger partial charge in [-0.2, -0.15) is 17.9 Å². The van der Waals surface area contributed by atoms with Crippen LogP contribution in [0.1, 0.15) is 11.3 Å². The second-order valence-electron chi connectivity index (χ2n) is 7.61. The number of nitro benzene ring substituents is 1. The third-order valence-electron chi connectivity index (χ3n) is 5.36. The van der Waals surface area contributed by atoms with Crippen molar-refractivity contribution in [3.63, 3.8) is 0 Å². The molecule has 0 aliphatic heterocycles. The second kappa shape index (κ2) is 8.27. The average molecular weight is 487 g/mol. The van der Waals surface area contributed by atoms with Crippen LogP contribution in [0.15, 0.2) is 48.5 Å². The standard InChI is InChI=1S/C22H16F3N5O5/c1-11-8-14(22(23,24)25)17(18(29(11)33)12-6-4-3-5-7-12)21-27-26-20(28(21)2)13-9-15(30(34)35)19(32)16(31)10-13/h3-10,31-32H,1-2H3. The van der Waals surface area contributed by atoms with Crippen LogP contribution < -0.4 is 4.73 Å². The van der Waals surface area contributed by atoms with Crippen molar-refractivity contribution in [3.05, 3.63) is 75.1 Å². The quantitative estimate of drug-likeness (QED) is 0.145. The number of benzene rings is 2. The molecule has 0 bridgehead atoms. The van der Waals surface area contributed by atoms with E-state index in [1.165, 1.54) is 26.1 Å². The van der Waals surface area contributed by atoms with Gasteiger partial charge < -0.3 is 20.0 Å². The van der Waals surface area contributed by atoms with Crippen LogP contribution >= 0.6 is 0 Å². The Morgan fingerprint density at radius 2 is 1.66 bits per heavy atom. The Morgan fingerprint density at radius 3 is 2.26 bits per heavy atom. The molecule has 0 atom stereocenters. The van der Waals surface area contributed by atoms with Gasteiger partial charge in [0, 0.05) is 37.2 Å². The van der Waals surface area contributed by atoms with Crippen molar-refractivity contribution >= 4 is 5.69 Å². The van der Waals surface area contributed by atoms with E-state index in [-0.39, 0.29) is 34.2 Å². The SMILES string of the molecule is Cc1cc(C(F)(F)F)c(-c2nnc(-c3cc(O)c(O)c([N+](=O)[O-])c3)n2C)c(-c2ccccc2)[n+]1[O-]. The zero-order valence-electron chi connectivity index (χ0n) is 18.1. The van der Waals surface area contributed by atoms with E-state index in [2.05, 4.69) is 10.2 Å². The number of alkyl halides is 3. The first-order valence-corrected chi connectivity index (χ1v) is 9.92. The molecule has 0 aliphatic carbocycles. The molecule has 2 aromatic carbocycles. The van der Waals surface area contributed by atoms with Crippen LogP contribution in [0.3, 0.4) is 0 Å². The summed E-state index contributed by atoms with van der Waals surface area (Å²) >= 11 is 0. The molecule has 0 unspecified atom stereocenters. The van der Waals surface area contributed by atoms with Gasteiger partial charge >= 0.3 is 11.9 Å². The van der Waals surface area contributed by atoms with Gasteiger partial charge in [0.25, 0.3) is 0 Å². The highest BCUT2D eigenvalue weighted by molar-refractivity contribution is 5.80. The average Bonchev–Trinajstić information content (AvgIpc) is 3.17. The molecule has 0 saturated heterocycles. The molecule has 180 valence electrons. The van der Waals surface area contributed by atoms with Crippen molar-refractivity contribution in [3.8, 4) is 45.5 Å². The molecule has 2 aromatic heterocycles. The number of hydrogen-bond acceptors (Lipinski definition) is 7. The van der Waals surface area contributed by atoms with Crippen molar-refractivity contribution in [2.45, 2.75) is 13.1 Å². The Labute approximate surface area is 194 Å². The Hall–Kier alpha value is -4.68. The molecule has 0 fully saturated rings. The number of phenolic OH excluding ortho intramolecular Hbond substituents is 2. The van der Waals surface area contributed by atoms with Gasteiger partial charge in [-0.1, -0.05) is 18.2 Å². The number of hydrogen-bond donors (Lipinski definition) is 2. The van der Waals surface area contributed by atoms with Crippen molar-refractivity contribution < 1.29 is 33.0 Å². The van der Waals surface area contributed by atoms with Crippen LogP contribution in [-0.2, 0) is 13.2 Å². The molecule has 13 heteroatoms. The lowest BCUT2D eigenvalue weighted by Gasteiger charge is -2.18. The lowest BCUT2D eigenvalue weighted by molar-refractivity contribution is -0.600. The number of phenols is 2. The van der Waals surface area contributed by atoms with Crippen LogP contribution in [-0.4, -0.2) is 29.9 Å². The van der Waals surface area contributed by atoms with E-state index in [1.807, 2.05) is 0 Å². The first-order valence-electron chi connectivity index (χ1n) is 9.92. The number of aromatic nitrogens is 4. The number of nitro groups is 1. The van der Waals surface area contributed by atoms with Gasteiger partial charge in [-0.25, -0.2) is 0 Å². The molecule has 0 spiro atoms. The van der Waals surface area contributed by atoms with E-state index in [0.717, 1.165) is 16.7 Å². The first-order chi connectivity index (χ1) is 16.4. The smallest absolute Gasteiger partial charge is 0.417 e. The van der Waals surface area contributed by atoms with E-state index in [4.69, 9.17) is 0 Å². The fourth-order valence-electron chi connectivity index (χ4n) is 3.72. The van der Waals surface area contributed by atoms with Gasteiger partial charge in [-0.3, -0.25) is 10.1 Å². The maximum Gasteiger partial charge on any atom is 0.417 e. The van der Waals surface area contributed by atoms with Crippen molar-refractivity contribution in [1.82, 2.24) is 14.8 Å². The number of aromatic hydroxyl groups is 2. The van der Waals surface area contributed by atoms with Gasteiger partial charge in [0.1, 0.15) is 5.56 Å². The molecule has 10 nitrogen and oxygen atoms in total. The normalized spacial score (nSPS) is 11.6. The topological polar surface area (TPSA) is 141 Å². The minimum Gasteiger partial charge on any atom is -0.618 e. The highest BCUT2D eigenvalue weighted by atomic mass is 19.4. The van der Waals surface area contributed by atoms with E-state index in [9.17, 15) is 38.7 Å². The lowest BCUT2D eigenvalue weighted by Crippen LogP contribution is -2.35. The molecule has 0 aliphatic rings. The Balaban J connectivity index is 2.05. The maximum absolute atomic E-state index is 14.1. The number of aryl methyl sites for hydroxylation is 1. The van der Waals surface area contributed by atoms with Gasteiger partial charge in [0.05, 0.1) is 10.5 Å². The molecule has 4 rings (SSSR count). The maximum atomic E-state index is 14.1.